The van der Waals surface area contributed by atoms with E-state index in [0.29, 0.717) is 11.6 Å². The first-order chi connectivity index (χ1) is 7.34. The van der Waals surface area contributed by atoms with Crippen molar-refractivity contribution in [2.45, 2.75) is 6.61 Å². The van der Waals surface area contributed by atoms with Gasteiger partial charge in [0, 0.05) is 18.5 Å². The molecule has 0 bridgehead atoms. The van der Waals surface area contributed by atoms with E-state index < -0.39 is 0 Å². The highest BCUT2D eigenvalue weighted by Crippen LogP contribution is 2.12. The molecule has 0 aliphatic rings. The molecule has 3 nitrogen and oxygen atoms in total. The average Bonchev–Trinajstić information content (AvgIpc) is 2.28. The van der Waals surface area contributed by atoms with Crippen LogP contribution in [0.2, 0.25) is 0 Å². The van der Waals surface area contributed by atoms with Crippen LogP contribution >= 0.6 is 0 Å². The zero-order valence-electron chi connectivity index (χ0n) is 7.93. The quantitative estimate of drug-likeness (QED) is 0.768. The van der Waals surface area contributed by atoms with E-state index in [1.807, 2.05) is 0 Å². The molecule has 0 saturated heterocycles. The lowest BCUT2D eigenvalue weighted by atomic mass is 10.3. The molecule has 2 aromatic rings. The minimum Gasteiger partial charge on any atom is -0.486 e. The van der Waals surface area contributed by atoms with Gasteiger partial charge in [0.15, 0.2) is 5.82 Å². The van der Waals surface area contributed by atoms with Crippen LogP contribution in [0.25, 0.3) is 0 Å². The molecule has 2 rings (SSSR count). The van der Waals surface area contributed by atoms with Gasteiger partial charge in [-0.05, 0) is 18.2 Å². The maximum absolute atomic E-state index is 12.8. The topological polar surface area (TPSA) is 35.0 Å². The van der Waals surface area contributed by atoms with E-state index in [1.54, 1.807) is 30.6 Å². The summed E-state index contributed by atoms with van der Waals surface area (Å²) in [5, 5.41) is 0. The smallest absolute Gasteiger partial charge is 0.166 e. The molecule has 76 valence electrons. The first kappa shape index (κ1) is 9.58. The highest BCUT2D eigenvalue weighted by Gasteiger charge is 1.98. The van der Waals surface area contributed by atoms with Crippen LogP contribution in [0.4, 0.5) is 4.39 Å². The summed E-state index contributed by atoms with van der Waals surface area (Å²) < 4.78 is 18.1. The lowest BCUT2D eigenvalue weighted by molar-refractivity contribution is 0.294. The third-order valence-electron chi connectivity index (χ3n) is 1.78. The summed E-state index contributed by atoms with van der Waals surface area (Å²) in [4.78, 5) is 7.97. The van der Waals surface area contributed by atoms with E-state index in [-0.39, 0.29) is 12.4 Å². The molecule has 0 unspecified atom stereocenters. The fraction of sp³-hybridized carbons (Fsp3) is 0.0909. The number of ether oxygens (including phenoxy) is 1. The Kier molecular flexibility index (Phi) is 2.88. The van der Waals surface area contributed by atoms with Crippen molar-refractivity contribution in [1.82, 2.24) is 9.97 Å². The summed E-state index contributed by atoms with van der Waals surface area (Å²) in [6, 6.07) is 7.70. The number of hydrogen-bond acceptors (Lipinski definition) is 3. The van der Waals surface area contributed by atoms with Gasteiger partial charge in [-0.15, -0.1) is 0 Å². The van der Waals surface area contributed by atoms with Gasteiger partial charge in [0.1, 0.15) is 18.2 Å². The van der Waals surface area contributed by atoms with Gasteiger partial charge in [0.2, 0.25) is 0 Å². The van der Waals surface area contributed by atoms with Crippen molar-refractivity contribution < 1.29 is 9.13 Å². The summed E-state index contributed by atoms with van der Waals surface area (Å²) >= 11 is 0. The minimum absolute atomic E-state index is 0.240. The van der Waals surface area contributed by atoms with Gasteiger partial charge in [-0.1, -0.05) is 6.07 Å². The van der Waals surface area contributed by atoms with Crippen molar-refractivity contribution in [3.63, 3.8) is 0 Å². The Labute approximate surface area is 86.6 Å². The molecule has 4 heteroatoms. The number of aromatic nitrogens is 2. The molecule has 0 aliphatic carbocycles. The second-order valence-corrected chi connectivity index (χ2v) is 2.91. The molecular weight excluding hydrogens is 195 g/mol. The number of benzene rings is 1. The molecule has 1 aromatic carbocycles. The van der Waals surface area contributed by atoms with E-state index in [9.17, 15) is 4.39 Å². The molecule has 0 atom stereocenters. The van der Waals surface area contributed by atoms with Crippen LogP contribution in [0.5, 0.6) is 5.75 Å². The Morgan fingerprint density at radius 2 is 1.93 bits per heavy atom. The van der Waals surface area contributed by atoms with Gasteiger partial charge in [-0.3, -0.25) is 0 Å². The summed E-state index contributed by atoms with van der Waals surface area (Å²) in [7, 11) is 0. The molecule has 0 amide bonds. The van der Waals surface area contributed by atoms with Gasteiger partial charge in [-0.2, -0.15) is 0 Å². The molecule has 15 heavy (non-hydrogen) atoms. The molecule has 0 radical (unpaired) electrons. The summed E-state index contributed by atoms with van der Waals surface area (Å²) in [5.74, 6) is 0.727. The minimum atomic E-state index is -0.318. The molecular formula is C11H9FN2O. The predicted octanol–water partition coefficient (Wildman–Crippen LogP) is 2.19. The number of rotatable bonds is 3. The number of halogens is 1. The van der Waals surface area contributed by atoms with Crippen molar-refractivity contribution in [2.24, 2.45) is 0 Å². The summed E-state index contributed by atoms with van der Waals surface area (Å²) in [6.45, 7) is 0.240. The van der Waals surface area contributed by atoms with Crippen LogP contribution < -0.4 is 4.74 Å². The van der Waals surface area contributed by atoms with Crippen molar-refractivity contribution in [1.29, 1.82) is 0 Å². The third-order valence-corrected chi connectivity index (χ3v) is 1.78. The van der Waals surface area contributed by atoms with Gasteiger partial charge >= 0.3 is 0 Å². The van der Waals surface area contributed by atoms with Gasteiger partial charge in [0.05, 0.1) is 0 Å². The standard InChI is InChI=1S/C11H9FN2O/c12-9-3-1-4-10(7-9)15-8-11-13-5-2-6-14-11/h1-7H,8H2. The fourth-order valence-electron chi connectivity index (χ4n) is 1.11. The second kappa shape index (κ2) is 4.50. The van der Waals surface area contributed by atoms with Crippen LogP contribution in [-0.2, 0) is 6.61 Å². The number of nitrogens with zero attached hydrogens (tertiary/aromatic N) is 2. The molecule has 1 aromatic heterocycles. The molecule has 1 heterocycles. The van der Waals surface area contributed by atoms with E-state index in [2.05, 4.69) is 9.97 Å². The van der Waals surface area contributed by atoms with Crippen LogP contribution in [-0.4, -0.2) is 9.97 Å². The molecule has 0 saturated carbocycles. The Bertz CT molecular complexity index is 434. The molecule has 0 fully saturated rings. The Morgan fingerprint density at radius 1 is 1.13 bits per heavy atom. The van der Waals surface area contributed by atoms with Crippen LogP contribution in [0.3, 0.4) is 0 Å². The maximum atomic E-state index is 12.8. The zero-order valence-corrected chi connectivity index (χ0v) is 7.93. The van der Waals surface area contributed by atoms with Gasteiger partial charge in [-0.25, -0.2) is 14.4 Å². The van der Waals surface area contributed by atoms with E-state index >= 15 is 0 Å². The Balaban J connectivity index is 1.99. The lowest BCUT2D eigenvalue weighted by Gasteiger charge is -2.04. The van der Waals surface area contributed by atoms with E-state index in [0.717, 1.165) is 0 Å². The Hall–Kier alpha value is -1.97. The zero-order chi connectivity index (χ0) is 10.5. The molecule has 0 N–H and O–H groups in total. The lowest BCUT2D eigenvalue weighted by Crippen LogP contribution is -2.00. The second-order valence-electron chi connectivity index (χ2n) is 2.91. The van der Waals surface area contributed by atoms with Crippen molar-refractivity contribution in [3.05, 3.63) is 54.4 Å². The van der Waals surface area contributed by atoms with Crippen LogP contribution in [0.1, 0.15) is 5.82 Å². The van der Waals surface area contributed by atoms with Gasteiger partial charge in [0.25, 0.3) is 0 Å². The fourth-order valence-corrected chi connectivity index (χ4v) is 1.11. The highest BCUT2D eigenvalue weighted by atomic mass is 19.1. The normalized spacial score (nSPS) is 9.93. The first-order valence-electron chi connectivity index (χ1n) is 4.49. The Morgan fingerprint density at radius 3 is 2.67 bits per heavy atom. The van der Waals surface area contributed by atoms with Crippen molar-refractivity contribution in [2.75, 3.05) is 0 Å². The van der Waals surface area contributed by atoms with Crippen molar-refractivity contribution >= 4 is 0 Å². The summed E-state index contributed by atoms with van der Waals surface area (Å²) in [6.07, 6.45) is 3.27. The van der Waals surface area contributed by atoms with Crippen molar-refractivity contribution in [3.8, 4) is 5.75 Å². The third kappa shape index (κ3) is 2.74. The number of hydrogen-bond donors (Lipinski definition) is 0. The van der Waals surface area contributed by atoms with Crippen LogP contribution in [0.15, 0.2) is 42.7 Å². The van der Waals surface area contributed by atoms with Gasteiger partial charge < -0.3 is 4.74 Å². The van der Waals surface area contributed by atoms with E-state index in [1.165, 1.54) is 12.1 Å². The SMILES string of the molecule is Fc1cccc(OCc2ncccn2)c1. The average molecular weight is 204 g/mol. The maximum Gasteiger partial charge on any atom is 0.166 e. The van der Waals surface area contributed by atoms with Crippen LogP contribution in [0, 0.1) is 5.82 Å². The first-order valence-corrected chi connectivity index (χ1v) is 4.49. The predicted molar refractivity (Wildman–Crippen MR) is 52.8 cm³/mol. The van der Waals surface area contributed by atoms with E-state index in [4.69, 9.17) is 4.74 Å². The highest BCUT2D eigenvalue weighted by molar-refractivity contribution is 5.22. The molecule has 0 aliphatic heterocycles. The monoisotopic (exact) mass is 204 g/mol. The summed E-state index contributed by atoms with van der Waals surface area (Å²) in [5.41, 5.74) is 0. The largest absolute Gasteiger partial charge is 0.486 e. The molecule has 0 spiro atoms.